The van der Waals surface area contributed by atoms with E-state index in [2.05, 4.69) is 9.72 Å². The Hall–Kier alpha value is -1.61. The molecule has 3 nitrogen and oxygen atoms in total. The molecular formula is C12H10ClNO2. The predicted molar refractivity (Wildman–Crippen MR) is 62.8 cm³/mol. The molecule has 1 heterocycles. The van der Waals surface area contributed by atoms with E-state index in [1.54, 1.807) is 0 Å². The van der Waals surface area contributed by atoms with Crippen molar-refractivity contribution in [3.8, 4) is 0 Å². The molecule has 82 valence electrons. The van der Waals surface area contributed by atoms with Crippen molar-refractivity contribution < 1.29 is 9.53 Å². The molecule has 2 rings (SSSR count). The van der Waals surface area contributed by atoms with Crippen LogP contribution >= 0.6 is 11.6 Å². The highest BCUT2D eigenvalue weighted by Gasteiger charge is 2.12. The first-order valence-electron chi connectivity index (χ1n) is 4.77. The fraction of sp³-hybridized carbons (Fsp3) is 0.167. The van der Waals surface area contributed by atoms with Gasteiger partial charge in [0.2, 0.25) is 0 Å². The molecule has 16 heavy (non-hydrogen) atoms. The zero-order valence-corrected chi connectivity index (χ0v) is 9.71. The molecule has 0 atom stereocenters. The third kappa shape index (κ3) is 1.74. The van der Waals surface area contributed by atoms with Gasteiger partial charge in [0.1, 0.15) is 0 Å². The van der Waals surface area contributed by atoms with Crippen molar-refractivity contribution in [2.24, 2.45) is 0 Å². The molecule has 0 saturated carbocycles. The molecule has 0 aliphatic rings. The standard InChI is InChI=1S/C12H10ClNO2/c1-7-4-3-5-8-9(13)6-10(12(15)16-2)14-11(7)8/h3-6H,1-2H3. The number of aryl methyl sites for hydroxylation is 1. The Kier molecular flexibility index (Phi) is 2.79. The number of carbonyl (C=O) groups is 1. The highest BCUT2D eigenvalue weighted by Crippen LogP contribution is 2.25. The molecule has 0 unspecified atom stereocenters. The number of esters is 1. The molecule has 4 heteroatoms. The Morgan fingerprint density at radius 2 is 2.19 bits per heavy atom. The van der Waals surface area contributed by atoms with Crippen LogP contribution in [0.25, 0.3) is 10.9 Å². The quantitative estimate of drug-likeness (QED) is 0.714. The summed E-state index contributed by atoms with van der Waals surface area (Å²) in [7, 11) is 1.32. The van der Waals surface area contributed by atoms with E-state index in [0.29, 0.717) is 5.02 Å². The van der Waals surface area contributed by atoms with E-state index in [4.69, 9.17) is 11.6 Å². The van der Waals surface area contributed by atoms with Crippen molar-refractivity contribution in [1.29, 1.82) is 0 Å². The smallest absolute Gasteiger partial charge is 0.356 e. The van der Waals surface area contributed by atoms with Crippen LogP contribution in [0.15, 0.2) is 24.3 Å². The van der Waals surface area contributed by atoms with Crippen LogP contribution < -0.4 is 0 Å². The average Bonchev–Trinajstić information content (AvgIpc) is 2.29. The number of pyridine rings is 1. The molecule has 0 saturated heterocycles. The number of para-hydroxylation sites is 1. The van der Waals surface area contributed by atoms with Crippen LogP contribution in [-0.2, 0) is 4.74 Å². The van der Waals surface area contributed by atoms with Gasteiger partial charge in [-0.15, -0.1) is 0 Å². The molecule has 1 aromatic heterocycles. The monoisotopic (exact) mass is 235 g/mol. The second-order valence-electron chi connectivity index (χ2n) is 3.45. The highest BCUT2D eigenvalue weighted by molar-refractivity contribution is 6.35. The number of benzene rings is 1. The SMILES string of the molecule is COC(=O)c1cc(Cl)c2cccc(C)c2n1. The van der Waals surface area contributed by atoms with E-state index < -0.39 is 5.97 Å². The molecule has 0 fully saturated rings. The molecule has 0 radical (unpaired) electrons. The number of carbonyl (C=O) groups excluding carboxylic acids is 1. The minimum atomic E-state index is -0.480. The Bertz CT molecular complexity index is 566. The third-order valence-corrected chi connectivity index (χ3v) is 2.70. The van der Waals surface area contributed by atoms with Gasteiger partial charge in [0.05, 0.1) is 17.6 Å². The maximum Gasteiger partial charge on any atom is 0.356 e. The normalized spacial score (nSPS) is 10.4. The molecule has 0 amide bonds. The Morgan fingerprint density at radius 3 is 2.88 bits per heavy atom. The summed E-state index contributed by atoms with van der Waals surface area (Å²) in [5.41, 5.74) is 1.94. The minimum Gasteiger partial charge on any atom is -0.464 e. The van der Waals surface area contributed by atoms with Crippen molar-refractivity contribution in [3.63, 3.8) is 0 Å². The molecule has 0 spiro atoms. The minimum absolute atomic E-state index is 0.231. The molecule has 0 aliphatic carbocycles. The van der Waals surface area contributed by atoms with Crippen LogP contribution in [0.3, 0.4) is 0 Å². The van der Waals surface area contributed by atoms with E-state index in [1.807, 2.05) is 25.1 Å². The van der Waals surface area contributed by atoms with Crippen LogP contribution in [0, 0.1) is 6.92 Å². The molecule has 2 aromatic rings. The summed E-state index contributed by atoms with van der Waals surface area (Å²) in [5.74, 6) is -0.480. The van der Waals surface area contributed by atoms with Crippen molar-refractivity contribution in [3.05, 3.63) is 40.5 Å². The van der Waals surface area contributed by atoms with Gasteiger partial charge in [0.25, 0.3) is 0 Å². The molecular weight excluding hydrogens is 226 g/mol. The van der Waals surface area contributed by atoms with Crippen molar-refractivity contribution in [2.45, 2.75) is 6.92 Å². The highest BCUT2D eigenvalue weighted by atomic mass is 35.5. The average molecular weight is 236 g/mol. The zero-order valence-electron chi connectivity index (χ0n) is 8.95. The maximum atomic E-state index is 11.4. The first-order chi connectivity index (χ1) is 7.63. The summed E-state index contributed by atoms with van der Waals surface area (Å²) in [6.45, 7) is 1.92. The summed E-state index contributed by atoms with van der Waals surface area (Å²) in [5, 5.41) is 1.35. The summed E-state index contributed by atoms with van der Waals surface area (Å²) in [6.07, 6.45) is 0. The van der Waals surface area contributed by atoms with Gasteiger partial charge in [-0.1, -0.05) is 29.8 Å². The summed E-state index contributed by atoms with van der Waals surface area (Å²) in [6, 6.07) is 7.23. The van der Waals surface area contributed by atoms with Gasteiger partial charge < -0.3 is 4.74 Å². The van der Waals surface area contributed by atoms with E-state index in [-0.39, 0.29) is 5.69 Å². The lowest BCUT2D eigenvalue weighted by molar-refractivity contribution is 0.0594. The lowest BCUT2D eigenvalue weighted by Crippen LogP contribution is -2.04. The Morgan fingerprint density at radius 1 is 1.44 bits per heavy atom. The number of hydrogen-bond donors (Lipinski definition) is 0. The lowest BCUT2D eigenvalue weighted by atomic mass is 10.1. The fourth-order valence-corrected chi connectivity index (χ4v) is 1.82. The number of ether oxygens (including phenoxy) is 1. The Labute approximate surface area is 98.0 Å². The third-order valence-electron chi connectivity index (χ3n) is 2.39. The molecule has 1 aromatic carbocycles. The molecule has 0 aliphatic heterocycles. The Balaban J connectivity index is 2.75. The van der Waals surface area contributed by atoms with E-state index in [0.717, 1.165) is 16.5 Å². The van der Waals surface area contributed by atoms with Crippen molar-refractivity contribution in [1.82, 2.24) is 4.98 Å². The van der Waals surface area contributed by atoms with E-state index >= 15 is 0 Å². The van der Waals surface area contributed by atoms with Gasteiger partial charge in [-0.25, -0.2) is 9.78 Å². The van der Waals surface area contributed by atoms with Gasteiger partial charge in [-0.2, -0.15) is 0 Å². The zero-order chi connectivity index (χ0) is 11.7. The summed E-state index contributed by atoms with van der Waals surface area (Å²) >= 11 is 6.09. The van der Waals surface area contributed by atoms with Crippen LogP contribution in [0.2, 0.25) is 5.02 Å². The van der Waals surface area contributed by atoms with Crippen molar-refractivity contribution in [2.75, 3.05) is 7.11 Å². The van der Waals surface area contributed by atoms with Gasteiger partial charge >= 0.3 is 5.97 Å². The summed E-state index contributed by atoms with van der Waals surface area (Å²) < 4.78 is 4.62. The second kappa shape index (κ2) is 4.10. The predicted octanol–water partition coefficient (Wildman–Crippen LogP) is 2.98. The van der Waals surface area contributed by atoms with Gasteiger partial charge in [-0.05, 0) is 18.6 Å². The van der Waals surface area contributed by atoms with Gasteiger partial charge in [0.15, 0.2) is 5.69 Å². The van der Waals surface area contributed by atoms with Crippen molar-refractivity contribution >= 4 is 28.5 Å². The first kappa shape index (κ1) is 10.9. The largest absolute Gasteiger partial charge is 0.464 e. The number of nitrogens with zero attached hydrogens (tertiary/aromatic N) is 1. The van der Waals surface area contributed by atoms with Crippen LogP contribution in [0.1, 0.15) is 16.1 Å². The topological polar surface area (TPSA) is 39.2 Å². The number of fused-ring (bicyclic) bond motifs is 1. The van der Waals surface area contributed by atoms with Crippen LogP contribution in [0.5, 0.6) is 0 Å². The molecule has 0 bridgehead atoms. The first-order valence-corrected chi connectivity index (χ1v) is 5.15. The second-order valence-corrected chi connectivity index (χ2v) is 3.86. The fourth-order valence-electron chi connectivity index (χ4n) is 1.56. The number of rotatable bonds is 1. The summed E-state index contributed by atoms with van der Waals surface area (Å²) in [4.78, 5) is 15.6. The van der Waals surface area contributed by atoms with E-state index in [1.165, 1.54) is 13.2 Å². The lowest BCUT2D eigenvalue weighted by Gasteiger charge is -2.05. The number of methoxy groups -OCH3 is 1. The van der Waals surface area contributed by atoms with E-state index in [9.17, 15) is 4.79 Å². The van der Waals surface area contributed by atoms with Crippen LogP contribution in [0.4, 0.5) is 0 Å². The number of hydrogen-bond acceptors (Lipinski definition) is 3. The van der Waals surface area contributed by atoms with Gasteiger partial charge in [-0.3, -0.25) is 0 Å². The maximum absolute atomic E-state index is 11.4. The number of halogens is 1. The number of aromatic nitrogens is 1. The molecule has 0 N–H and O–H groups in total. The van der Waals surface area contributed by atoms with Gasteiger partial charge in [0, 0.05) is 5.39 Å². The van der Waals surface area contributed by atoms with Crippen LogP contribution in [-0.4, -0.2) is 18.1 Å².